The van der Waals surface area contributed by atoms with Gasteiger partial charge in [0.2, 0.25) is 0 Å². The van der Waals surface area contributed by atoms with E-state index in [0.717, 1.165) is 29.2 Å². The molecule has 0 aliphatic heterocycles. The molecule has 0 saturated heterocycles. The summed E-state index contributed by atoms with van der Waals surface area (Å²) in [5.74, 6) is -0.891. The quantitative estimate of drug-likeness (QED) is 0.853. The van der Waals surface area contributed by atoms with Crippen molar-refractivity contribution in [2.75, 3.05) is 0 Å². The Bertz CT molecular complexity index is 779. The number of hydrogen-bond donors (Lipinski definition) is 1. The Morgan fingerprint density at radius 3 is 2.81 bits per heavy atom. The highest BCUT2D eigenvalue weighted by Gasteiger charge is 2.08. The Morgan fingerprint density at radius 2 is 1.95 bits per heavy atom. The van der Waals surface area contributed by atoms with Gasteiger partial charge < -0.3 is 5.11 Å². The number of fused-ring (bicyclic) bond motifs is 1. The molecule has 0 spiro atoms. The van der Waals surface area contributed by atoms with Gasteiger partial charge in [-0.05, 0) is 46.9 Å². The summed E-state index contributed by atoms with van der Waals surface area (Å²) in [6, 6.07) is 11.3. The first kappa shape index (κ1) is 13.4. The minimum absolute atomic E-state index is 0.324. The van der Waals surface area contributed by atoms with Gasteiger partial charge in [-0.1, -0.05) is 54.6 Å². The van der Waals surface area contributed by atoms with Crippen LogP contribution < -0.4 is 0 Å². The Kier molecular flexibility index (Phi) is 3.69. The van der Waals surface area contributed by atoms with E-state index in [1.807, 2.05) is 18.2 Å². The third-order valence-corrected chi connectivity index (χ3v) is 3.66. The van der Waals surface area contributed by atoms with Crippen LogP contribution in [0, 0.1) is 0 Å². The van der Waals surface area contributed by atoms with Gasteiger partial charge in [-0.25, -0.2) is 4.79 Å². The van der Waals surface area contributed by atoms with Gasteiger partial charge in [0.25, 0.3) is 0 Å². The lowest BCUT2D eigenvalue weighted by Crippen LogP contribution is -1.96. The summed E-state index contributed by atoms with van der Waals surface area (Å²) in [6.07, 6.45) is 12.7. The van der Waals surface area contributed by atoms with Crippen LogP contribution >= 0.6 is 0 Å². The van der Waals surface area contributed by atoms with Crippen molar-refractivity contribution >= 4 is 22.3 Å². The first-order valence-electron chi connectivity index (χ1n) is 7.05. The van der Waals surface area contributed by atoms with E-state index in [1.54, 1.807) is 12.1 Å². The van der Waals surface area contributed by atoms with Crippen LogP contribution in [0.3, 0.4) is 0 Å². The van der Waals surface area contributed by atoms with Crippen molar-refractivity contribution < 1.29 is 9.90 Å². The molecule has 0 radical (unpaired) electrons. The normalized spacial score (nSPS) is 20.1. The van der Waals surface area contributed by atoms with Crippen LogP contribution in [0.4, 0.5) is 0 Å². The zero-order chi connectivity index (χ0) is 14.7. The van der Waals surface area contributed by atoms with E-state index < -0.39 is 5.97 Å². The van der Waals surface area contributed by atoms with Crippen LogP contribution in [0.2, 0.25) is 0 Å². The van der Waals surface area contributed by atoms with Gasteiger partial charge in [0.1, 0.15) is 0 Å². The Labute approximate surface area is 123 Å². The number of carboxylic acids is 1. The molecule has 0 unspecified atom stereocenters. The van der Waals surface area contributed by atoms with E-state index in [4.69, 9.17) is 5.11 Å². The topological polar surface area (TPSA) is 37.3 Å². The van der Waals surface area contributed by atoms with Gasteiger partial charge in [0.05, 0.1) is 5.56 Å². The standard InChI is InChI=1S/C19H16O2/c20-19(21)16-11-12-18-15(13-16)9-6-10-17(18)14-7-4-2-1-3-5-8-14/h1-2,4,6-13H,3,5H2,(H,20,21)/b2-1-,7-4-,14-8+. The monoisotopic (exact) mass is 276 g/mol. The fraction of sp³-hybridized carbons (Fsp3) is 0.105. The first-order chi connectivity index (χ1) is 10.3. The van der Waals surface area contributed by atoms with Gasteiger partial charge in [-0.15, -0.1) is 0 Å². The average Bonchev–Trinajstić information content (AvgIpc) is 2.46. The molecular formula is C19H16O2. The second-order valence-corrected chi connectivity index (χ2v) is 5.07. The van der Waals surface area contributed by atoms with Gasteiger partial charge in [-0.2, -0.15) is 0 Å². The van der Waals surface area contributed by atoms with Crippen LogP contribution in [0.25, 0.3) is 16.3 Å². The van der Waals surface area contributed by atoms with Crippen molar-refractivity contribution in [2.24, 2.45) is 0 Å². The summed E-state index contributed by atoms with van der Waals surface area (Å²) >= 11 is 0. The van der Waals surface area contributed by atoms with E-state index in [0.29, 0.717) is 5.56 Å². The summed E-state index contributed by atoms with van der Waals surface area (Å²) in [4.78, 5) is 11.1. The third-order valence-electron chi connectivity index (χ3n) is 3.66. The lowest BCUT2D eigenvalue weighted by Gasteiger charge is -2.09. The maximum absolute atomic E-state index is 11.1. The zero-order valence-corrected chi connectivity index (χ0v) is 11.6. The molecule has 1 aliphatic rings. The number of benzene rings is 2. The molecule has 1 N–H and O–H groups in total. The van der Waals surface area contributed by atoms with Crippen LogP contribution in [0.5, 0.6) is 0 Å². The highest BCUT2D eigenvalue weighted by atomic mass is 16.4. The smallest absolute Gasteiger partial charge is 0.335 e. The zero-order valence-electron chi connectivity index (χ0n) is 11.6. The summed E-state index contributed by atoms with van der Waals surface area (Å²) < 4.78 is 0. The van der Waals surface area contributed by atoms with Crippen molar-refractivity contribution in [1.29, 1.82) is 0 Å². The summed E-state index contributed by atoms with van der Waals surface area (Å²) in [7, 11) is 0. The number of carbonyl (C=O) groups is 1. The van der Waals surface area contributed by atoms with Crippen LogP contribution in [-0.4, -0.2) is 11.1 Å². The van der Waals surface area contributed by atoms with Crippen molar-refractivity contribution in [3.8, 4) is 0 Å². The molecule has 0 heterocycles. The number of rotatable bonds is 2. The van der Waals surface area contributed by atoms with Gasteiger partial charge in [-0.3, -0.25) is 0 Å². The van der Waals surface area contributed by atoms with Crippen molar-refractivity contribution in [3.63, 3.8) is 0 Å². The second kappa shape index (κ2) is 5.80. The largest absolute Gasteiger partial charge is 0.478 e. The summed E-state index contributed by atoms with van der Waals surface area (Å²) in [5, 5.41) is 11.1. The molecule has 0 amide bonds. The van der Waals surface area contributed by atoms with E-state index >= 15 is 0 Å². The first-order valence-corrected chi connectivity index (χ1v) is 7.05. The molecular weight excluding hydrogens is 260 g/mol. The van der Waals surface area contributed by atoms with E-state index in [9.17, 15) is 4.79 Å². The third kappa shape index (κ3) is 2.79. The molecule has 104 valence electrons. The molecule has 0 aromatic heterocycles. The molecule has 0 atom stereocenters. The maximum atomic E-state index is 11.1. The van der Waals surface area contributed by atoms with Gasteiger partial charge in [0.15, 0.2) is 0 Å². The van der Waals surface area contributed by atoms with Gasteiger partial charge >= 0.3 is 5.97 Å². The molecule has 2 nitrogen and oxygen atoms in total. The Balaban J connectivity index is 2.14. The average molecular weight is 276 g/mol. The lowest BCUT2D eigenvalue weighted by atomic mass is 9.95. The van der Waals surface area contributed by atoms with Gasteiger partial charge in [0, 0.05) is 0 Å². The highest BCUT2D eigenvalue weighted by Crippen LogP contribution is 2.28. The fourth-order valence-corrected chi connectivity index (χ4v) is 2.61. The number of hydrogen-bond acceptors (Lipinski definition) is 1. The molecule has 2 aromatic rings. The van der Waals surface area contributed by atoms with E-state index in [1.165, 1.54) is 5.57 Å². The molecule has 3 rings (SSSR count). The van der Waals surface area contributed by atoms with Crippen LogP contribution in [-0.2, 0) is 0 Å². The lowest BCUT2D eigenvalue weighted by molar-refractivity contribution is 0.0697. The number of aromatic carboxylic acids is 1. The number of allylic oxidation sites excluding steroid dienone is 6. The Hall–Kier alpha value is -2.61. The molecule has 0 fully saturated rings. The van der Waals surface area contributed by atoms with Crippen LogP contribution in [0.15, 0.2) is 66.8 Å². The van der Waals surface area contributed by atoms with Crippen LogP contribution in [0.1, 0.15) is 28.8 Å². The van der Waals surface area contributed by atoms with E-state index in [-0.39, 0.29) is 0 Å². The molecule has 0 saturated carbocycles. The maximum Gasteiger partial charge on any atom is 0.335 e. The fourth-order valence-electron chi connectivity index (χ4n) is 2.61. The predicted molar refractivity (Wildman–Crippen MR) is 86.4 cm³/mol. The molecule has 1 aliphatic carbocycles. The minimum atomic E-state index is -0.891. The van der Waals surface area contributed by atoms with Crippen molar-refractivity contribution in [2.45, 2.75) is 12.8 Å². The Morgan fingerprint density at radius 1 is 1.05 bits per heavy atom. The van der Waals surface area contributed by atoms with Crippen molar-refractivity contribution in [1.82, 2.24) is 0 Å². The molecule has 2 heteroatoms. The SMILES string of the molecule is O=C(O)c1ccc2c(C3=C/CC\C=C/C=C\3)cccc2c1. The van der Waals surface area contributed by atoms with Crippen molar-refractivity contribution in [3.05, 3.63) is 77.9 Å². The predicted octanol–water partition coefficient (Wildman–Crippen LogP) is 4.83. The highest BCUT2D eigenvalue weighted by molar-refractivity contribution is 6.00. The van der Waals surface area contributed by atoms with E-state index in [2.05, 4.69) is 36.4 Å². The molecule has 0 bridgehead atoms. The minimum Gasteiger partial charge on any atom is -0.478 e. The summed E-state index contributed by atoms with van der Waals surface area (Å²) in [5.41, 5.74) is 2.66. The molecule has 2 aromatic carbocycles. The number of carboxylic acid groups (broad SMARTS) is 1. The second-order valence-electron chi connectivity index (χ2n) is 5.07. The summed E-state index contributed by atoms with van der Waals surface area (Å²) in [6.45, 7) is 0. The molecule has 21 heavy (non-hydrogen) atoms.